The smallest absolute Gasteiger partial charge is 0.337 e. The topological polar surface area (TPSA) is 118 Å². The molecule has 42 heavy (non-hydrogen) atoms. The first kappa shape index (κ1) is 29.8. The van der Waals surface area contributed by atoms with E-state index in [1.807, 2.05) is 40.7 Å². The van der Waals surface area contributed by atoms with Crippen LogP contribution < -0.4 is 15.5 Å². The number of nitrogens with zero attached hydrogens (tertiary/aromatic N) is 5. The molecule has 0 aliphatic carbocycles. The predicted octanol–water partition coefficient (Wildman–Crippen LogP) is 5.87. The third kappa shape index (κ3) is 6.21. The minimum atomic E-state index is -1.13. The molecule has 3 aromatic rings. The van der Waals surface area contributed by atoms with Crippen molar-refractivity contribution in [2.45, 2.75) is 86.0 Å². The Kier molecular flexibility index (Phi) is 7.91. The van der Waals surface area contributed by atoms with Crippen molar-refractivity contribution in [1.29, 1.82) is 0 Å². The van der Waals surface area contributed by atoms with E-state index < -0.39 is 17.7 Å². The average Bonchev–Trinajstić information content (AvgIpc) is 2.90. The second-order valence-corrected chi connectivity index (χ2v) is 13.4. The molecule has 0 spiro atoms. The highest BCUT2D eigenvalue weighted by atomic mass is 16.5. The number of anilines is 3. The summed E-state index contributed by atoms with van der Waals surface area (Å²) in [5, 5.41) is 10.5. The Labute approximate surface area is 249 Å². The Morgan fingerprint density at radius 2 is 1.74 bits per heavy atom. The first-order chi connectivity index (χ1) is 19.7. The van der Waals surface area contributed by atoms with Crippen LogP contribution in [0.3, 0.4) is 0 Å². The number of carbonyl (C=O) groups is 1. The number of pyridine rings is 1. The van der Waals surface area contributed by atoms with E-state index in [0.29, 0.717) is 11.3 Å². The van der Waals surface area contributed by atoms with Crippen molar-refractivity contribution in [1.82, 2.24) is 15.0 Å². The van der Waals surface area contributed by atoms with Gasteiger partial charge in [0, 0.05) is 54.9 Å². The maximum absolute atomic E-state index is 12.8. The number of hydrogen-bond donors (Lipinski definition) is 2. The number of aliphatic carboxylic acids is 1. The van der Waals surface area contributed by atoms with Crippen LogP contribution in [0.1, 0.15) is 81.6 Å². The van der Waals surface area contributed by atoms with Crippen LogP contribution in [0, 0.1) is 19.3 Å². The van der Waals surface area contributed by atoms with E-state index >= 15 is 0 Å². The van der Waals surface area contributed by atoms with Crippen LogP contribution in [0.4, 0.5) is 17.5 Å². The fourth-order valence-corrected chi connectivity index (χ4v) is 6.20. The number of benzene rings is 1. The Hall–Kier alpha value is -3.72. The molecular weight excluding hydrogens is 528 g/mol. The zero-order valence-corrected chi connectivity index (χ0v) is 26.0. The molecule has 0 amide bonds. The lowest BCUT2D eigenvalue weighted by Crippen LogP contribution is -2.39. The lowest BCUT2D eigenvalue weighted by atomic mass is 9.81. The molecule has 1 aromatic carbocycles. The number of nitrogens with two attached hydrogens (primary N) is 1. The molecule has 4 heterocycles. The van der Waals surface area contributed by atoms with Gasteiger partial charge in [-0.2, -0.15) is 4.98 Å². The van der Waals surface area contributed by atoms with E-state index in [-0.39, 0.29) is 11.4 Å². The summed E-state index contributed by atoms with van der Waals surface area (Å²) in [6, 6.07) is 8.49. The zero-order chi connectivity index (χ0) is 30.4. The van der Waals surface area contributed by atoms with Crippen LogP contribution >= 0.6 is 0 Å². The molecule has 1 saturated heterocycles. The van der Waals surface area contributed by atoms with Gasteiger partial charge in [0.25, 0.3) is 0 Å². The fourth-order valence-electron chi connectivity index (χ4n) is 6.20. The number of nitrogen functional groups attached to an aromatic ring is 1. The van der Waals surface area contributed by atoms with Gasteiger partial charge in [-0.25, -0.2) is 9.78 Å². The van der Waals surface area contributed by atoms with Gasteiger partial charge < -0.3 is 25.4 Å². The van der Waals surface area contributed by atoms with Crippen LogP contribution in [-0.4, -0.2) is 51.3 Å². The molecule has 9 heteroatoms. The Morgan fingerprint density at radius 1 is 1.02 bits per heavy atom. The van der Waals surface area contributed by atoms with Crippen molar-refractivity contribution >= 4 is 23.4 Å². The maximum Gasteiger partial charge on any atom is 0.337 e. The molecule has 9 nitrogen and oxygen atoms in total. The van der Waals surface area contributed by atoms with Gasteiger partial charge in [0.1, 0.15) is 5.82 Å². The van der Waals surface area contributed by atoms with Gasteiger partial charge in [0.15, 0.2) is 6.10 Å². The maximum atomic E-state index is 12.8. The molecule has 0 saturated carbocycles. The normalized spacial score (nSPS) is 17.6. The second-order valence-electron chi connectivity index (χ2n) is 13.4. The summed E-state index contributed by atoms with van der Waals surface area (Å²) in [5.41, 5.74) is 13.2. The number of piperidine rings is 1. The third-order valence-electron chi connectivity index (χ3n) is 8.46. The van der Waals surface area contributed by atoms with E-state index in [1.54, 1.807) is 6.20 Å². The van der Waals surface area contributed by atoms with E-state index in [4.69, 9.17) is 15.5 Å². The van der Waals surface area contributed by atoms with Gasteiger partial charge in [0.2, 0.25) is 5.95 Å². The average molecular weight is 573 g/mol. The van der Waals surface area contributed by atoms with Crippen LogP contribution in [0.2, 0.25) is 0 Å². The van der Waals surface area contributed by atoms with Crippen LogP contribution in [0.5, 0.6) is 0 Å². The van der Waals surface area contributed by atoms with Crippen molar-refractivity contribution in [3.63, 3.8) is 0 Å². The first-order valence-corrected chi connectivity index (χ1v) is 14.8. The van der Waals surface area contributed by atoms with E-state index in [0.717, 1.165) is 73.8 Å². The number of fused-ring (bicyclic) bond motifs is 1. The standard InChI is InChI=1S/C33H44N6O3/c1-20-26(23-8-9-24-19-39(15-11-22(24)18-23)25-10-14-35-31(34)37-25)28(38-16-12-33(6,7)13-17-38)27(21(2)36-20)29(30(40)41)42-32(3,4)5/h8-10,14,18,29H,11-13,15-17,19H2,1-7H3,(H,40,41)(H2,34,35,37). The molecular formula is C33H44N6O3. The van der Waals surface area contributed by atoms with Crippen molar-refractivity contribution < 1.29 is 14.6 Å². The van der Waals surface area contributed by atoms with Gasteiger partial charge in [-0.05, 0) is 82.1 Å². The van der Waals surface area contributed by atoms with Crippen molar-refractivity contribution in [3.8, 4) is 11.1 Å². The summed E-state index contributed by atoms with van der Waals surface area (Å²) in [5.74, 6) is 0.101. The molecule has 0 radical (unpaired) electrons. The van der Waals surface area contributed by atoms with E-state index in [9.17, 15) is 9.90 Å². The summed E-state index contributed by atoms with van der Waals surface area (Å²) in [4.78, 5) is 30.7. The Bertz CT molecular complexity index is 1490. The highest BCUT2D eigenvalue weighted by molar-refractivity contribution is 5.88. The number of carboxylic acids is 1. The van der Waals surface area contributed by atoms with Crippen molar-refractivity contribution in [2.24, 2.45) is 5.41 Å². The number of carboxylic acid groups (broad SMARTS) is 1. The highest BCUT2D eigenvalue weighted by Gasteiger charge is 2.36. The summed E-state index contributed by atoms with van der Waals surface area (Å²) < 4.78 is 6.23. The van der Waals surface area contributed by atoms with Crippen molar-refractivity contribution in [2.75, 3.05) is 35.2 Å². The monoisotopic (exact) mass is 572 g/mol. The number of rotatable bonds is 6. The summed E-state index contributed by atoms with van der Waals surface area (Å²) in [7, 11) is 0. The Balaban J connectivity index is 1.62. The SMILES string of the molecule is Cc1nc(C)c(C(OC(C)(C)C)C(=O)O)c(N2CCC(C)(C)CC2)c1-c1ccc2c(c1)CCN(c1ccnc(N)n1)C2. The molecule has 2 aliphatic rings. The van der Waals surface area contributed by atoms with E-state index in [2.05, 4.69) is 51.8 Å². The number of hydrogen-bond acceptors (Lipinski definition) is 8. The van der Waals surface area contributed by atoms with Gasteiger partial charge in [-0.3, -0.25) is 4.98 Å². The fraction of sp³-hybridized carbons (Fsp3) is 0.515. The lowest BCUT2D eigenvalue weighted by Gasteiger charge is -2.41. The quantitative estimate of drug-likeness (QED) is 0.374. The van der Waals surface area contributed by atoms with Crippen LogP contribution in [0.25, 0.3) is 11.1 Å². The molecule has 0 bridgehead atoms. The van der Waals surface area contributed by atoms with Gasteiger partial charge in [0.05, 0.1) is 11.3 Å². The third-order valence-corrected chi connectivity index (χ3v) is 8.46. The largest absolute Gasteiger partial charge is 0.479 e. The minimum Gasteiger partial charge on any atom is -0.479 e. The predicted molar refractivity (Wildman–Crippen MR) is 167 cm³/mol. The number of aromatic nitrogens is 3. The molecule has 1 fully saturated rings. The van der Waals surface area contributed by atoms with Gasteiger partial charge in [-0.1, -0.05) is 32.0 Å². The second kappa shape index (κ2) is 11.2. The molecule has 2 aromatic heterocycles. The highest BCUT2D eigenvalue weighted by Crippen LogP contribution is 2.45. The lowest BCUT2D eigenvalue weighted by molar-refractivity contribution is -0.160. The van der Waals surface area contributed by atoms with Crippen LogP contribution in [-0.2, 0) is 22.5 Å². The van der Waals surface area contributed by atoms with Crippen LogP contribution in [0.15, 0.2) is 30.5 Å². The summed E-state index contributed by atoms with van der Waals surface area (Å²) in [6.07, 6.45) is 3.47. The van der Waals surface area contributed by atoms with E-state index in [1.165, 1.54) is 11.1 Å². The summed E-state index contributed by atoms with van der Waals surface area (Å²) in [6.45, 7) is 17.5. The Morgan fingerprint density at radius 3 is 2.38 bits per heavy atom. The number of ether oxygens (including phenoxy) is 1. The number of aryl methyl sites for hydroxylation is 2. The molecule has 1 atom stereocenters. The van der Waals surface area contributed by atoms with Gasteiger partial charge in [-0.15, -0.1) is 0 Å². The summed E-state index contributed by atoms with van der Waals surface area (Å²) >= 11 is 0. The first-order valence-electron chi connectivity index (χ1n) is 14.8. The van der Waals surface area contributed by atoms with Crippen molar-refractivity contribution in [3.05, 3.63) is 58.5 Å². The molecule has 5 rings (SSSR count). The molecule has 3 N–H and O–H groups in total. The molecule has 2 aliphatic heterocycles. The molecule has 224 valence electrons. The minimum absolute atomic E-state index is 0.244. The zero-order valence-electron chi connectivity index (χ0n) is 26.0. The van der Waals surface area contributed by atoms with Gasteiger partial charge >= 0.3 is 5.97 Å². The molecule has 1 unspecified atom stereocenters.